The van der Waals surface area contributed by atoms with E-state index in [-0.39, 0.29) is 12.3 Å². The molecule has 0 aromatic carbocycles. The summed E-state index contributed by atoms with van der Waals surface area (Å²) in [5, 5.41) is 0. The summed E-state index contributed by atoms with van der Waals surface area (Å²) >= 11 is 0. The molecule has 2 N–H and O–H groups in total. The molecule has 0 radical (unpaired) electrons. The number of carbonyl (C=O) groups excluding carboxylic acids is 1. The third-order valence-corrected chi connectivity index (χ3v) is 5.07. The Bertz CT molecular complexity index is 675. The van der Waals surface area contributed by atoms with E-state index in [1.54, 1.807) is 0 Å². The lowest BCUT2D eigenvalue weighted by atomic mass is 9.96. The maximum atomic E-state index is 12.5. The van der Waals surface area contributed by atoms with Gasteiger partial charge in [-0.3, -0.25) is 14.6 Å². The van der Waals surface area contributed by atoms with Gasteiger partial charge in [-0.1, -0.05) is 6.42 Å². The number of aromatic nitrogens is 2. The summed E-state index contributed by atoms with van der Waals surface area (Å²) in [5.74, 6) is 0.491. The molecule has 0 bridgehead atoms. The number of likely N-dealkylation sites (tertiary alicyclic amines) is 2. The van der Waals surface area contributed by atoms with Crippen LogP contribution < -0.4 is 11.2 Å². The maximum absolute atomic E-state index is 12.5. The molecular weight excluding hydrogens is 308 g/mol. The van der Waals surface area contributed by atoms with Gasteiger partial charge >= 0.3 is 5.69 Å². The average Bonchev–Trinajstić information content (AvgIpc) is 2.58. The molecule has 7 heteroatoms. The number of nitrogens with zero attached hydrogens (tertiary/aromatic N) is 2. The number of hydrogen-bond donors (Lipinski definition) is 2. The van der Waals surface area contributed by atoms with Crippen LogP contribution in [0.4, 0.5) is 0 Å². The minimum Gasteiger partial charge on any atom is -0.342 e. The monoisotopic (exact) mass is 334 g/mol. The molecule has 3 rings (SSSR count). The molecule has 0 spiro atoms. The van der Waals surface area contributed by atoms with Crippen molar-refractivity contribution in [2.24, 2.45) is 5.92 Å². The Morgan fingerprint density at radius 1 is 1.12 bits per heavy atom. The van der Waals surface area contributed by atoms with Crippen molar-refractivity contribution < 1.29 is 4.79 Å². The Morgan fingerprint density at radius 2 is 1.92 bits per heavy atom. The van der Waals surface area contributed by atoms with Crippen LogP contribution in [-0.4, -0.2) is 58.4 Å². The summed E-state index contributed by atoms with van der Waals surface area (Å²) in [6, 6.07) is 0. The van der Waals surface area contributed by atoms with Gasteiger partial charge < -0.3 is 14.8 Å². The van der Waals surface area contributed by atoms with Gasteiger partial charge in [-0.15, -0.1) is 0 Å². The molecule has 2 saturated heterocycles. The predicted octanol–water partition coefficient (Wildman–Crippen LogP) is 0.330. The van der Waals surface area contributed by atoms with Crippen molar-refractivity contribution in [3.8, 4) is 0 Å². The van der Waals surface area contributed by atoms with Crippen LogP contribution in [0.3, 0.4) is 0 Å². The molecule has 7 nitrogen and oxygen atoms in total. The molecule has 3 heterocycles. The Balaban J connectivity index is 1.56. The summed E-state index contributed by atoms with van der Waals surface area (Å²) in [6.45, 7) is 4.96. The van der Waals surface area contributed by atoms with E-state index >= 15 is 0 Å². The summed E-state index contributed by atoms with van der Waals surface area (Å²) in [4.78, 5) is 44.3. The first-order chi connectivity index (χ1) is 11.6. The van der Waals surface area contributed by atoms with Gasteiger partial charge in [0.05, 0.1) is 6.42 Å². The number of H-pyrrole nitrogens is 2. The Hall–Kier alpha value is -1.89. The molecule has 2 aliphatic heterocycles. The van der Waals surface area contributed by atoms with Crippen LogP contribution in [0.1, 0.15) is 37.7 Å². The fourth-order valence-electron chi connectivity index (χ4n) is 3.79. The highest BCUT2D eigenvalue weighted by Crippen LogP contribution is 2.20. The van der Waals surface area contributed by atoms with Crippen LogP contribution >= 0.6 is 0 Å². The number of nitrogens with one attached hydrogen (secondary N) is 2. The van der Waals surface area contributed by atoms with E-state index in [1.807, 2.05) is 4.90 Å². The molecule has 0 saturated carbocycles. The van der Waals surface area contributed by atoms with E-state index in [1.165, 1.54) is 45.0 Å². The molecule has 1 aromatic rings. The van der Waals surface area contributed by atoms with E-state index < -0.39 is 11.2 Å². The first-order valence-electron chi connectivity index (χ1n) is 8.93. The lowest BCUT2D eigenvalue weighted by molar-refractivity contribution is -0.132. The van der Waals surface area contributed by atoms with Crippen LogP contribution in [0.15, 0.2) is 15.8 Å². The number of carbonyl (C=O) groups is 1. The van der Waals surface area contributed by atoms with Crippen molar-refractivity contribution in [1.82, 2.24) is 19.8 Å². The zero-order chi connectivity index (χ0) is 16.9. The zero-order valence-electron chi connectivity index (χ0n) is 14.1. The van der Waals surface area contributed by atoms with Crippen molar-refractivity contribution in [2.45, 2.75) is 38.5 Å². The van der Waals surface area contributed by atoms with Gasteiger partial charge in [-0.25, -0.2) is 4.79 Å². The van der Waals surface area contributed by atoms with E-state index in [0.29, 0.717) is 11.5 Å². The molecule has 1 amide bonds. The largest absolute Gasteiger partial charge is 0.342 e. The van der Waals surface area contributed by atoms with Gasteiger partial charge in [-0.05, 0) is 44.7 Å². The summed E-state index contributed by atoms with van der Waals surface area (Å²) in [7, 11) is 0. The number of rotatable bonds is 4. The minimum atomic E-state index is -0.546. The summed E-state index contributed by atoms with van der Waals surface area (Å²) in [5.41, 5.74) is -0.706. The average molecular weight is 334 g/mol. The van der Waals surface area contributed by atoms with E-state index in [0.717, 1.165) is 26.1 Å². The Labute approximate surface area is 141 Å². The molecular formula is C17H26N4O3. The third-order valence-electron chi connectivity index (χ3n) is 5.07. The maximum Gasteiger partial charge on any atom is 0.325 e. The molecule has 0 unspecified atom stereocenters. The molecule has 132 valence electrons. The fraction of sp³-hybridized carbons (Fsp3) is 0.706. The van der Waals surface area contributed by atoms with Gasteiger partial charge in [0.25, 0.3) is 5.56 Å². The first-order valence-corrected chi connectivity index (χ1v) is 8.93. The van der Waals surface area contributed by atoms with E-state index in [4.69, 9.17) is 0 Å². The van der Waals surface area contributed by atoms with Crippen LogP contribution in [0, 0.1) is 5.92 Å². The van der Waals surface area contributed by atoms with Gasteiger partial charge in [0.15, 0.2) is 0 Å². The van der Waals surface area contributed by atoms with Crippen molar-refractivity contribution >= 4 is 5.91 Å². The normalized spacial score (nSPS) is 22.5. The summed E-state index contributed by atoms with van der Waals surface area (Å²) in [6.07, 6.45) is 7.47. The molecule has 0 aliphatic carbocycles. The van der Waals surface area contributed by atoms with Crippen LogP contribution in [0.25, 0.3) is 0 Å². The Kier molecular flexibility index (Phi) is 5.50. The predicted molar refractivity (Wildman–Crippen MR) is 91.0 cm³/mol. The number of amides is 1. The van der Waals surface area contributed by atoms with Crippen molar-refractivity contribution in [3.63, 3.8) is 0 Å². The topological polar surface area (TPSA) is 89.3 Å². The smallest absolute Gasteiger partial charge is 0.325 e. The fourth-order valence-corrected chi connectivity index (χ4v) is 3.79. The first kappa shape index (κ1) is 17.0. The minimum absolute atomic E-state index is 0.0316. The lowest BCUT2D eigenvalue weighted by Crippen LogP contribution is -2.45. The SMILES string of the molecule is O=C(Cc1c[nH]c(=O)[nH]c1=O)N1CCC[C@@H](CN2CCCCC2)C1. The molecule has 1 aromatic heterocycles. The van der Waals surface area contributed by atoms with Gasteiger partial charge in [0.2, 0.25) is 5.91 Å². The highest BCUT2D eigenvalue weighted by atomic mass is 16.2. The van der Waals surface area contributed by atoms with Crippen molar-refractivity contribution in [1.29, 1.82) is 0 Å². The Morgan fingerprint density at radius 3 is 2.67 bits per heavy atom. The standard InChI is InChI=1S/C17H26N4O3/c22-15(9-14-10-18-17(24)19-16(14)23)21-8-4-5-13(12-21)11-20-6-2-1-3-7-20/h10,13H,1-9,11-12H2,(H2,18,19,23,24)/t13-/m0/s1. The van der Waals surface area contributed by atoms with Gasteiger partial charge in [0.1, 0.15) is 0 Å². The van der Waals surface area contributed by atoms with Crippen LogP contribution in [0.5, 0.6) is 0 Å². The second kappa shape index (κ2) is 7.79. The summed E-state index contributed by atoms with van der Waals surface area (Å²) < 4.78 is 0. The van der Waals surface area contributed by atoms with E-state index in [2.05, 4.69) is 14.9 Å². The molecule has 2 aliphatic rings. The van der Waals surface area contributed by atoms with Gasteiger partial charge in [-0.2, -0.15) is 0 Å². The highest BCUT2D eigenvalue weighted by molar-refractivity contribution is 5.78. The third kappa shape index (κ3) is 4.35. The second-order valence-corrected chi connectivity index (χ2v) is 6.98. The highest BCUT2D eigenvalue weighted by Gasteiger charge is 2.26. The van der Waals surface area contributed by atoms with E-state index in [9.17, 15) is 14.4 Å². The molecule has 24 heavy (non-hydrogen) atoms. The lowest BCUT2D eigenvalue weighted by Gasteiger charge is -2.37. The van der Waals surface area contributed by atoms with Gasteiger partial charge in [0, 0.05) is 31.4 Å². The second-order valence-electron chi connectivity index (χ2n) is 6.98. The zero-order valence-corrected chi connectivity index (χ0v) is 14.1. The number of hydrogen-bond acceptors (Lipinski definition) is 4. The molecule has 2 fully saturated rings. The van der Waals surface area contributed by atoms with Crippen molar-refractivity contribution in [2.75, 3.05) is 32.7 Å². The quantitative estimate of drug-likeness (QED) is 0.830. The van der Waals surface area contributed by atoms with Crippen LogP contribution in [-0.2, 0) is 11.2 Å². The molecule has 1 atom stereocenters. The number of aromatic amines is 2. The van der Waals surface area contributed by atoms with Crippen LogP contribution in [0.2, 0.25) is 0 Å². The van der Waals surface area contributed by atoms with Crippen molar-refractivity contribution in [3.05, 3.63) is 32.6 Å². The number of piperidine rings is 2.